The number of hydrogen-bond donors (Lipinski definition) is 0. The zero-order valence-corrected chi connectivity index (χ0v) is 20.5. The summed E-state index contributed by atoms with van der Waals surface area (Å²) in [6, 6.07) is 12.9. The van der Waals surface area contributed by atoms with Crippen LogP contribution in [0.4, 0.5) is 25.1 Å². The number of piperidine rings is 1. The number of rotatable bonds is 6. The van der Waals surface area contributed by atoms with E-state index in [1.54, 1.807) is 36.4 Å². The maximum absolute atomic E-state index is 14.1. The van der Waals surface area contributed by atoms with Crippen molar-refractivity contribution in [2.45, 2.75) is 25.4 Å². The molecule has 0 radical (unpaired) electrons. The van der Waals surface area contributed by atoms with Crippen molar-refractivity contribution in [1.29, 1.82) is 0 Å². The Hall–Kier alpha value is -3.93. The Morgan fingerprint density at radius 3 is 2.11 bits per heavy atom. The monoisotopic (exact) mass is 525 g/mol. The van der Waals surface area contributed by atoms with E-state index in [1.807, 2.05) is 9.80 Å². The van der Waals surface area contributed by atoms with Crippen molar-refractivity contribution in [2.75, 3.05) is 49.2 Å². The first kappa shape index (κ1) is 24.4. The summed E-state index contributed by atoms with van der Waals surface area (Å²) < 4.78 is 54.2. The molecule has 2 aromatic heterocycles. The number of anilines is 2. The number of imidazole rings is 1. The van der Waals surface area contributed by atoms with Gasteiger partial charge in [0.2, 0.25) is 17.8 Å². The van der Waals surface area contributed by atoms with Gasteiger partial charge >= 0.3 is 0 Å². The van der Waals surface area contributed by atoms with Gasteiger partial charge in [-0.3, -0.25) is 4.57 Å². The normalized spacial score (nSPS) is 16.9. The van der Waals surface area contributed by atoms with Gasteiger partial charge in [-0.2, -0.15) is 15.0 Å². The van der Waals surface area contributed by atoms with E-state index in [0.717, 1.165) is 0 Å². The van der Waals surface area contributed by atoms with Crippen molar-refractivity contribution in [2.24, 2.45) is 0 Å². The zero-order chi connectivity index (χ0) is 26.1. The summed E-state index contributed by atoms with van der Waals surface area (Å²) in [5.74, 6) is 0.821. The lowest BCUT2D eigenvalue weighted by atomic mass is 10.1. The van der Waals surface area contributed by atoms with E-state index in [-0.39, 0.29) is 17.9 Å². The number of ether oxygens (including phenoxy) is 2. The molecule has 0 spiro atoms. The molecule has 198 valence electrons. The number of halogens is 3. The highest BCUT2D eigenvalue weighted by atomic mass is 19.3. The maximum Gasteiger partial charge on any atom is 0.296 e. The van der Waals surface area contributed by atoms with Crippen LogP contribution in [0.1, 0.15) is 25.1 Å². The average Bonchev–Trinajstić information content (AvgIpc) is 3.35. The summed E-state index contributed by atoms with van der Waals surface area (Å²) in [5, 5.41) is 0. The minimum Gasteiger partial charge on any atom is -0.490 e. The molecule has 9 nitrogen and oxygen atoms in total. The van der Waals surface area contributed by atoms with Gasteiger partial charge in [-0.25, -0.2) is 18.2 Å². The average molecular weight is 526 g/mol. The van der Waals surface area contributed by atoms with Crippen molar-refractivity contribution in [3.8, 4) is 11.7 Å². The third kappa shape index (κ3) is 4.95. The Morgan fingerprint density at radius 2 is 1.42 bits per heavy atom. The van der Waals surface area contributed by atoms with Crippen LogP contribution < -0.4 is 14.5 Å². The van der Waals surface area contributed by atoms with E-state index < -0.39 is 12.2 Å². The van der Waals surface area contributed by atoms with Crippen LogP contribution in [0.15, 0.2) is 48.5 Å². The number of benzene rings is 2. The number of aromatic nitrogens is 5. The first-order valence-corrected chi connectivity index (χ1v) is 12.6. The van der Waals surface area contributed by atoms with Crippen molar-refractivity contribution >= 4 is 22.9 Å². The van der Waals surface area contributed by atoms with Gasteiger partial charge in [0.05, 0.1) is 24.2 Å². The largest absolute Gasteiger partial charge is 0.490 e. The molecule has 0 amide bonds. The lowest BCUT2D eigenvalue weighted by Gasteiger charge is -2.33. The molecule has 0 N–H and O–H groups in total. The summed E-state index contributed by atoms with van der Waals surface area (Å²) in [7, 11) is 0. The van der Waals surface area contributed by atoms with Gasteiger partial charge in [0.15, 0.2) is 5.82 Å². The first-order chi connectivity index (χ1) is 18.5. The van der Waals surface area contributed by atoms with E-state index in [4.69, 9.17) is 14.5 Å². The van der Waals surface area contributed by atoms with Crippen LogP contribution >= 0.6 is 0 Å². The SMILES string of the molecule is Fc1ccc(OC2CCN(c3nc(N4CCOCC4)nc(-n4c(C(F)F)nc5ccccc54)n3)CC2)cc1. The predicted molar refractivity (Wildman–Crippen MR) is 135 cm³/mol. The molecule has 0 bridgehead atoms. The highest BCUT2D eigenvalue weighted by molar-refractivity contribution is 5.77. The molecule has 12 heteroatoms. The summed E-state index contributed by atoms with van der Waals surface area (Å²) in [4.78, 5) is 22.2. The van der Waals surface area contributed by atoms with E-state index in [0.29, 0.717) is 80.9 Å². The van der Waals surface area contributed by atoms with Gasteiger partial charge < -0.3 is 19.3 Å². The van der Waals surface area contributed by atoms with Gasteiger partial charge in [0.25, 0.3) is 6.43 Å². The van der Waals surface area contributed by atoms with E-state index >= 15 is 0 Å². The molecule has 4 aromatic rings. The van der Waals surface area contributed by atoms with Crippen LogP contribution in [0.5, 0.6) is 5.75 Å². The molecule has 38 heavy (non-hydrogen) atoms. The van der Waals surface area contributed by atoms with E-state index in [2.05, 4.69) is 15.0 Å². The maximum atomic E-state index is 14.1. The number of para-hydroxylation sites is 2. The lowest BCUT2D eigenvalue weighted by molar-refractivity contribution is 0.122. The summed E-state index contributed by atoms with van der Waals surface area (Å²) >= 11 is 0. The van der Waals surface area contributed by atoms with Crippen molar-refractivity contribution in [1.82, 2.24) is 24.5 Å². The topological polar surface area (TPSA) is 81.4 Å². The molecule has 4 heterocycles. The Kier molecular flexibility index (Phi) is 6.71. The summed E-state index contributed by atoms with van der Waals surface area (Å²) in [5.41, 5.74) is 0.940. The molecule has 0 aliphatic carbocycles. The summed E-state index contributed by atoms with van der Waals surface area (Å²) in [6.45, 7) is 3.43. The second kappa shape index (κ2) is 10.4. The third-order valence-corrected chi connectivity index (χ3v) is 6.72. The van der Waals surface area contributed by atoms with Crippen LogP contribution in [-0.4, -0.2) is 70.0 Å². The Balaban J connectivity index is 1.32. The van der Waals surface area contributed by atoms with Crippen molar-refractivity contribution in [3.05, 3.63) is 60.2 Å². The molecule has 0 atom stereocenters. The van der Waals surface area contributed by atoms with Gasteiger partial charge in [-0.1, -0.05) is 12.1 Å². The number of nitrogens with zero attached hydrogens (tertiary/aromatic N) is 7. The van der Waals surface area contributed by atoms with E-state index in [1.165, 1.54) is 16.7 Å². The minimum atomic E-state index is -2.81. The minimum absolute atomic E-state index is 0.0419. The fraction of sp³-hybridized carbons (Fsp3) is 0.385. The molecular formula is C26H26F3N7O2. The zero-order valence-electron chi connectivity index (χ0n) is 20.5. The van der Waals surface area contributed by atoms with Crippen LogP contribution in [-0.2, 0) is 4.74 Å². The highest BCUT2D eigenvalue weighted by Crippen LogP contribution is 2.29. The van der Waals surface area contributed by atoms with Gasteiger partial charge in [-0.05, 0) is 36.4 Å². The number of morpholine rings is 1. The Bertz CT molecular complexity index is 1400. The Morgan fingerprint density at radius 1 is 0.789 bits per heavy atom. The fourth-order valence-electron chi connectivity index (χ4n) is 4.77. The van der Waals surface area contributed by atoms with Gasteiger partial charge in [-0.15, -0.1) is 0 Å². The number of hydrogen-bond acceptors (Lipinski definition) is 8. The van der Waals surface area contributed by atoms with Crippen molar-refractivity contribution in [3.63, 3.8) is 0 Å². The van der Waals surface area contributed by atoms with Crippen molar-refractivity contribution < 1.29 is 22.6 Å². The lowest BCUT2D eigenvalue weighted by Crippen LogP contribution is -2.41. The van der Waals surface area contributed by atoms with Crippen LogP contribution in [0, 0.1) is 5.82 Å². The van der Waals surface area contributed by atoms with E-state index in [9.17, 15) is 13.2 Å². The van der Waals surface area contributed by atoms with Gasteiger partial charge in [0, 0.05) is 39.0 Å². The smallest absolute Gasteiger partial charge is 0.296 e. The highest BCUT2D eigenvalue weighted by Gasteiger charge is 2.27. The molecular weight excluding hydrogens is 499 g/mol. The third-order valence-electron chi connectivity index (χ3n) is 6.72. The molecule has 2 saturated heterocycles. The molecule has 2 aliphatic rings. The Labute approximate surface area is 216 Å². The molecule has 0 unspecified atom stereocenters. The van der Waals surface area contributed by atoms with Gasteiger partial charge in [0.1, 0.15) is 17.7 Å². The van der Waals surface area contributed by atoms with Crippen LogP contribution in [0.25, 0.3) is 17.0 Å². The number of alkyl halides is 2. The second-order valence-corrected chi connectivity index (χ2v) is 9.19. The van der Waals surface area contributed by atoms with Crippen LogP contribution in [0.3, 0.4) is 0 Å². The standard InChI is InChI=1S/C26H26F3N7O2/c27-17-5-7-18(8-6-17)38-19-9-11-34(12-10-19)24-31-25(35-13-15-37-16-14-35)33-26(32-24)36-21-4-2-1-3-20(21)30-23(36)22(28)29/h1-8,19,22H,9-16H2. The quantitative estimate of drug-likeness (QED) is 0.371. The predicted octanol–water partition coefficient (Wildman–Crippen LogP) is 4.17. The summed E-state index contributed by atoms with van der Waals surface area (Å²) in [6.07, 6.45) is -1.46. The molecule has 6 rings (SSSR count). The molecule has 2 aromatic carbocycles. The van der Waals surface area contributed by atoms with Crippen LogP contribution in [0.2, 0.25) is 0 Å². The molecule has 2 fully saturated rings. The molecule has 0 saturated carbocycles. The number of fused-ring (bicyclic) bond motifs is 1. The first-order valence-electron chi connectivity index (χ1n) is 12.6. The second-order valence-electron chi connectivity index (χ2n) is 9.19. The molecule has 2 aliphatic heterocycles. The fourth-order valence-corrected chi connectivity index (χ4v) is 4.77.